The summed E-state index contributed by atoms with van der Waals surface area (Å²) < 4.78 is 37.7. The molecule has 0 aromatic heterocycles. The molecule has 0 aliphatic carbocycles. The average molecular weight is 214 g/mol. The van der Waals surface area contributed by atoms with Gasteiger partial charge in [0.05, 0.1) is 12.8 Å². The van der Waals surface area contributed by atoms with Gasteiger partial charge in [-0.25, -0.2) is 4.79 Å². The first-order valence-electron chi connectivity index (χ1n) is 3.27. The van der Waals surface area contributed by atoms with E-state index in [1.807, 2.05) is 0 Å². The predicted molar refractivity (Wildman–Crippen MR) is 34.0 cm³/mol. The lowest BCUT2D eigenvalue weighted by atomic mass is 10.3. The molecule has 0 aromatic carbocycles. The standard InChI is InChI=1S/C6H5F3O5/c7-6(8,9)5(13)14-4(12)2-1-3(10)11/h1-2H2,(H,10,11). The lowest BCUT2D eigenvalue weighted by Crippen LogP contribution is -2.28. The number of hydrogen-bond donors (Lipinski definition) is 1. The van der Waals surface area contributed by atoms with Crippen molar-refractivity contribution in [2.24, 2.45) is 0 Å². The number of carboxylic acids is 1. The van der Waals surface area contributed by atoms with E-state index in [0.717, 1.165) is 0 Å². The number of hydrogen-bond acceptors (Lipinski definition) is 4. The Hall–Kier alpha value is -1.60. The van der Waals surface area contributed by atoms with Crippen molar-refractivity contribution in [1.82, 2.24) is 0 Å². The van der Waals surface area contributed by atoms with Gasteiger partial charge in [-0.3, -0.25) is 9.59 Å². The summed E-state index contributed by atoms with van der Waals surface area (Å²) in [5, 5.41) is 8.04. The van der Waals surface area contributed by atoms with E-state index in [9.17, 15) is 27.6 Å². The first-order valence-corrected chi connectivity index (χ1v) is 3.27. The second-order valence-electron chi connectivity index (χ2n) is 2.15. The fraction of sp³-hybridized carbons (Fsp3) is 0.500. The van der Waals surface area contributed by atoms with Crippen molar-refractivity contribution >= 4 is 17.9 Å². The van der Waals surface area contributed by atoms with E-state index in [0.29, 0.717) is 0 Å². The molecular weight excluding hydrogens is 209 g/mol. The van der Waals surface area contributed by atoms with Gasteiger partial charge in [0, 0.05) is 0 Å². The average Bonchev–Trinajstić information content (AvgIpc) is 1.99. The second-order valence-corrected chi connectivity index (χ2v) is 2.15. The zero-order chi connectivity index (χ0) is 11.4. The maximum Gasteiger partial charge on any atom is 0.491 e. The lowest BCUT2D eigenvalue weighted by molar-refractivity contribution is -0.202. The molecule has 0 atom stereocenters. The normalized spacial score (nSPS) is 10.8. The van der Waals surface area contributed by atoms with Gasteiger partial charge in [-0.15, -0.1) is 0 Å². The molecule has 5 nitrogen and oxygen atoms in total. The Labute approximate surface area is 75.5 Å². The van der Waals surface area contributed by atoms with Crippen LogP contribution in [0, 0.1) is 0 Å². The number of rotatable bonds is 3. The quantitative estimate of drug-likeness (QED) is 0.546. The van der Waals surface area contributed by atoms with Crippen molar-refractivity contribution in [2.45, 2.75) is 19.0 Å². The fourth-order valence-corrected chi connectivity index (χ4v) is 0.421. The molecule has 80 valence electrons. The van der Waals surface area contributed by atoms with Gasteiger partial charge in [0.2, 0.25) is 0 Å². The number of carbonyl (C=O) groups is 3. The first kappa shape index (κ1) is 12.4. The summed E-state index contributed by atoms with van der Waals surface area (Å²) in [5.74, 6) is -5.54. The molecule has 0 saturated carbocycles. The lowest BCUT2D eigenvalue weighted by Gasteiger charge is -2.04. The monoisotopic (exact) mass is 214 g/mol. The minimum atomic E-state index is -5.25. The maximum atomic E-state index is 11.5. The minimum absolute atomic E-state index is 0.691. The molecule has 0 heterocycles. The van der Waals surface area contributed by atoms with Crippen molar-refractivity contribution in [3.63, 3.8) is 0 Å². The third kappa shape index (κ3) is 5.12. The molecule has 0 spiro atoms. The largest absolute Gasteiger partial charge is 0.491 e. The first-order chi connectivity index (χ1) is 6.23. The summed E-state index contributed by atoms with van der Waals surface area (Å²) in [6.07, 6.45) is -6.72. The minimum Gasteiger partial charge on any atom is -0.481 e. The topological polar surface area (TPSA) is 80.7 Å². The Morgan fingerprint density at radius 1 is 1.14 bits per heavy atom. The van der Waals surface area contributed by atoms with E-state index in [1.165, 1.54) is 0 Å². The van der Waals surface area contributed by atoms with E-state index in [1.54, 1.807) is 0 Å². The number of carboxylic acid groups (broad SMARTS) is 1. The smallest absolute Gasteiger partial charge is 0.481 e. The van der Waals surface area contributed by atoms with Crippen molar-refractivity contribution in [3.05, 3.63) is 0 Å². The van der Waals surface area contributed by atoms with E-state index in [2.05, 4.69) is 4.74 Å². The molecule has 0 radical (unpaired) electrons. The molecule has 0 aliphatic heterocycles. The molecular formula is C6H5F3O5. The van der Waals surface area contributed by atoms with E-state index < -0.39 is 36.9 Å². The predicted octanol–water partition coefficient (Wildman–Crippen LogP) is 0.483. The molecule has 0 rings (SSSR count). The number of aliphatic carboxylic acids is 1. The van der Waals surface area contributed by atoms with Crippen molar-refractivity contribution in [1.29, 1.82) is 0 Å². The van der Waals surface area contributed by atoms with Crippen LogP contribution in [0.15, 0.2) is 0 Å². The third-order valence-corrected chi connectivity index (χ3v) is 0.981. The summed E-state index contributed by atoms with van der Waals surface area (Å²) in [6.45, 7) is 0. The van der Waals surface area contributed by atoms with Crippen molar-refractivity contribution < 1.29 is 37.4 Å². The number of halogens is 3. The van der Waals surface area contributed by atoms with Crippen LogP contribution < -0.4 is 0 Å². The van der Waals surface area contributed by atoms with Gasteiger partial charge in [-0.05, 0) is 0 Å². The number of carbonyl (C=O) groups excluding carboxylic acids is 2. The molecule has 0 bridgehead atoms. The molecule has 14 heavy (non-hydrogen) atoms. The van der Waals surface area contributed by atoms with Gasteiger partial charge < -0.3 is 9.84 Å². The second kappa shape index (κ2) is 4.58. The van der Waals surface area contributed by atoms with E-state index >= 15 is 0 Å². The van der Waals surface area contributed by atoms with Gasteiger partial charge in [0.25, 0.3) is 0 Å². The molecule has 8 heteroatoms. The summed E-state index contributed by atoms with van der Waals surface area (Å²) in [6, 6.07) is 0. The highest BCUT2D eigenvalue weighted by Crippen LogP contribution is 2.16. The van der Waals surface area contributed by atoms with Gasteiger partial charge in [0.15, 0.2) is 0 Å². The Morgan fingerprint density at radius 2 is 1.64 bits per heavy atom. The van der Waals surface area contributed by atoms with Crippen molar-refractivity contribution in [2.75, 3.05) is 0 Å². The van der Waals surface area contributed by atoms with Gasteiger partial charge in [-0.1, -0.05) is 0 Å². The number of esters is 2. The van der Waals surface area contributed by atoms with Crippen LogP contribution in [-0.2, 0) is 19.1 Å². The Bertz CT molecular complexity index is 257. The fourth-order valence-electron chi connectivity index (χ4n) is 0.421. The van der Waals surface area contributed by atoms with Crippen LogP contribution in [0.4, 0.5) is 13.2 Å². The zero-order valence-corrected chi connectivity index (χ0v) is 6.63. The van der Waals surface area contributed by atoms with E-state index in [4.69, 9.17) is 5.11 Å². The highest BCUT2D eigenvalue weighted by atomic mass is 19.4. The summed E-state index contributed by atoms with van der Waals surface area (Å²) in [7, 11) is 0. The molecule has 0 saturated heterocycles. The van der Waals surface area contributed by atoms with Crippen LogP contribution in [0.5, 0.6) is 0 Å². The molecule has 1 N–H and O–H groups in total. The highest BCUT2D eigenvalue weighted by molar-refractivity contribution is 5.89. The molecule has 0 amide bonds. The van der Waals surface area contributed by atoms with E-state index in [-0.39, 0.29) is 0 Å². The highest BCUT2D eigenvalue weighted by Gasteiger charge is 2.42. The van der Waals surface area contributed by atoms with Crippen LogP contribution in [0.25, 0.3) is 0 Å². The zero-order valence-electron chi connectivity index (χ0n) is 6.63. The molecule has 0 fully saturated rings. The van der Waals surface area contributed by atoms with Gasteiger partial charge in [-0.2, -0.15) is 13.2 Å². The molecule has 0 unspecified atom stereocenters. The van der Waals surface area contributed by atoms with Crippen LogP contribution in [0.2, 0.25) is 0 Å². The Balaban J connectivity index is 3.96. The van der Waals surface area contributed by atoms with Gasteiger partial charge >= 0.3 is 24.1 Å². The van der Waals surface area contributed by atoms with Crippen LogP contribution in [0.1, 0.15) is 12.8 Å². The van der Waals surface area contributed by atoms with Crippen molar-refractivity contribution in [3.8, 4) is 0 Å². The molecule has 0 aliphatic rings. The summed E-state index contributed by atoms with van der Waals surface area (Å²) >= 11 is 0. The van der Waals surface area contributed by atoms with Crippen LogP contribution in [-0.4, -0.2) is 29.2 Å². The summed E-state index contributed by atoms with van der Waals surface area (Å²) in [5.41, 5.74) is 0. The number of alkyl halides is 3. The van der Waals surface area contributed by atoms with Crippen LogP contribution >= 0.6 is 0 Å². The maximum absolute atomic E-state index is 11.5. The van der Waals surface area contributed by atoms with Gasteiger partial charge in [0.1, 0.15) is 0 Å². The number of ether oxygens (including phenoxy) is 1. The molecule has 0 aromatic rings. The van der Waals surface area contributed by atoms with Crippen LogP contribution in [0.3, 0.4) is 0 Å². The summed E-state index contributed by atoms with van der Waals surface area (Å²) in [4.78, 5) is 30.3. The third-order valence-electron chi connectivity index (χ3n) is 0.981. The SMILES string of the molecule is O=C(O)CCC(=O)OC(=O)C(F)(F)F. The Morgan fingerprint density at radius 3 is 2.00 bits per heavy atom. The Kier molecular flexibility index (Phi) is 4.06.